The van der Waals surface area contributed by atoms with Crippen LogP contribution < -0.4 is 27.6 Å². The molecule has 2 unspecified atom stereocenters. The highest BCUT2D eigenvalue weighted by molar-refractivity contribution is 8.45. The molecule has 0 aromatic carbocycles. The molecule has 4 aromatic heterocycles. The van der Waals surface area contributed by atoms with E-state index in [2.05, 4.69) is 47.2 Å². The zero-order chi connectivity index (χ0) is 29.6. The molecule has 7 atom stereocenters. The van der Waals surface area contributed by atoms with Crippen molar-refractivity contribution >= 4 is 61.2 Å². The molecule has 4 aromatic rings. The molecule has 6 heterocycles. The maximum atomic E-state index is 13.0. The fourth-order valence-electron chi connectivity index (χ4n) is 5.00. The largest absolute Gasteiger partial charge is 0.382 e. The zero-order valence-electron chi connectivity index (χ0n) is 21.8. The molecule has 0 aliphatic carbocycles. The summed E-state index contributed by atoms with van der Waals surface area (Å²) in [4.78, 5) is 35.2. The van der Waals surface area contributed by atoms with Gasteiger partial charge in [0.25, 0.3) is 13.7 Å². The Morgan fingerprint density at radius 1 is 1.10 bits per heavy atom. The molecule has 2 aliphatic rings. The summed E-state index contributed by atoms with van der Waals surface area (Å²) in [6.07, 6.45) is 3.69. The molecule has 0 bridgehead atoms. The monoisotopic (exact) mass is 642 g/mol. The topological polar surface area (TPSA) is 268 Å². The molecule has 0 radical (unpaired) electrons. The molecule has 2 fully saturated rings. The summed E-state index contributed by atoms with van der Waals surface area (Å²) < 4.78 is 51.2. The summed E-state index contributed by atoms with van der Waals surface area (Å²) in [5.74, 6) is 0.191. The van der Waals surface area contributed by atoms with Gasteiger partial charge in [-0.05, 0) is 12.8 Å². The van der Waals surface area contributed by atoms with Gasteiger partial charge in [0.1, 0.15) is 24.3 Å². The molecule has 8 N–H and O–H groups in total. The smallest absolute Gasteiger partial charge is 0.320 e. The van der Waals surface area contributed by atoms with Crippen LogP contribution in [0.25, 0.3) is 22.3 Å². The minimum atomic E-state index is -3.60. The Morgan fingerprint density at radius 3 is 2.64 bits per heavy atom. The van der Waals surface area contributed by atoms with Crippen LogP contribution in [0.3, 0.4) is 0 Å². The van der Waals surface area contributed by atoms with Crippen LogP contribution in [-0.2, 0) is 27.7 Å². The van der Waals surface area contributed by atoms with Crippen LogP contribution in [0.5, 0.6) is 0 Å². The van der Waals surface area contributed by atoms with Crippen molar-refractivity contribution in [3.8, 4) is 0 Å². The Labute approximate surface area is 242 Å². The predicted octanol–water partition coefficient (Wildman–Crippen LogP) is 0.467. The second kappa shape index (κ2) is 11.6. The van der Waals surface area contributed by atoms with Crippen molar-refractivity contribution in [3.63, 3.8) is 0 Å². The molecule has 0 amide bonds. The second-order valence-corrected chi connectivity index (χ2v) is 13.9. The van der Waals surface area contributed by atoms with Crippen molar-refractivity contribution in [2.45, 2.75) is 50.0 Å². The number of imidazole rings is 2. The number of nitrogens with zero attached hydrogens (tertiary/aromatic N) is 7. The van der Waals surface area contributed by atoms with Crippen LogP contribution in [0.2, 0.25) is 0 Å². The molecular weight excluding hydrogens is 614 g/mol. The van der Waals surface area contributed by atoms with Crippen molar-refractivity contribution in [2.24, 2.45) is 5.50 Å². The van der Waals surface area contributed by atoms with Crippen LogP contribution in [0, 0.1) is 0 Å². The van der Waals surface area contributed by atoms with E-state index in [-0.39, 0.29) is 36.6 Å². The SMILES string of the molecule is Nc1nc2c(ncn2[C@H]2CC[C@@H](CO[PH](=O)N[C@H]3C[C@H](n4cnc5c(N)ncnc54)O[C@@H]3COP(N)(=O)S)O2)c(=O)[nH]1. The number of nitrogens with two attached hydrogens (primary N) is 3. The fourth-order valence-corrected chi connectivity index (χ4v) is 6.59. The minimum Gasteiger partial charge on any atom is -0.382 e. The van der Waals surface area contributed by atoms with Crippen molar-refractivity contribution < 1.29 is 27.7 Å². The Balaban J connectivity index is 1.08. The summed E-state index contributed by atoms with van der Waals surface area (Å²) in [6, 6.07) is -0.540. The van der Waals surface area contributed by atoms with E-state index >= 15 is 0 Å². The lowest BCUT2D eigenvalue weighted by Crippen LogP contribution is -2.35. The third kappa shape index (κ3) is 6.08. The van der Waals surface area contributed by atoms with Gasteiger partial charge in [0.05, 0.1) is 38.1 Å². The Morgan fingerprint density at radius 2 is 1.86 bits per heavy atom. The Kier molecular flexibility index (Phi) is 8.07. The van der Waals surface area contributed by atoms with E-state index in [4.69, 9.17) is 35.5 Å². The average molecular weight is 643 g/mol. The van der Waals surface area contributed by atoms with Crippen LogP contribution in [0.4, 0.5) is 11.8 Å². The number of anilines is 2. The fraction of sp³-hybridized carbons (Fsp3) is 0.500. The molecule has 2 aliphatic heterocycles. The summed E-state index contributed by atoms with van der Waals surface area (Å²) in [7, 11) is -2.80. The van der Waals surface area contributed by atoms with Gasteiger partial charge in [-0.1, -0.05) is 12.2 Å². The summed E-state index contributed by atoms with van der Waals surface area (Å²) >= 11 is 3.77. The number of H-pyrrole nitrogens is 1. The highest BCUT2D eigenvalue weighted by Crippen LogP contribution is 2.44. The number of hydrogen-bond donors (Lipinski definition) is 6. The van der Waals surface area contributed by atoms with Crippen molar-refractivity contribution in [1.29, 1.82) is 0 Å². The van der Waals surface area contributed by atoms with Crippen molar-refractivity contribution in [2.75, 3.05) is 24.7 Å². The molecular formula is C20H28N12O7P2S. The van der Waals surface area contributed by atoms with E-state index in [1.54, 1.807) is 9.13 Å². The Bertz CT molecular complexity index is 1740. The van der Waals surface area contributed by atoms with Gasteiger partial charge in [-0.25, -0.2) is 25.0 Å². The van der Waals surface area contributed by atoms with Gasteiger partial charge in [0.2, 0.25) is 5.95 Å². The van der Waals surface area contributed by atoms with Gasteiger partial charge in [-0.15, -0.1) is 0 Å². The number of aromatic amines is 1. The quantitative estimate of drug-likeness (QED) is 0.101. The zero-order valence-corrected chi connectivity index (χ0v) is 24.6. The van der Waals surface area contributed by atoms with Crippen LogP contribution in [0.15, 0.2) is 23.8 Å². The first-order chi connectivity index (χ1) is 20.1. The maximum Gasteiger partial charge on any atom is 0.320 e. The predicted molar refractivity (Wildman–Crippen MR) is 153 cm³/mol. The van der Waals surface area contributed by atoms with Crippen molar-refractivity contribution in [3.05, 3.63) is 29.3 Å². The maximum absolute atomic E-state index is 13.0. The van der Waals surface area contributed by atoms with Gasteiger partial charge < -0.3 is 30.0 Å². The second-order valence-electron chi connectivity index (χ2n) is 9.72. The molecule has 19 nitrogen and oxygen atoms in total. The van der Waals surface area contributed by atoms with Crippen LogP contribution in [-0.4, -0.2) is 70.5 Å². The number of aromatic nitrogens is 8. The molecule has 0 spiro atoms. The molecule has 0 saturated carbocycles. The van der Waals surface area contributed by atoms with Gasteiger partial charge in [0, 0.05) is 12.5 Å². The molecule has 6 rings (SSSR count). The summed E-state index contributed by atoms with van der Waals surface area (Å²) in [5.41, 5.74) is 17.9. The minimum absolute atomic E-state index is 0.0269. The van der Waals surface area contributed by atoms with E-state index in [0.29, 0.717) is 36.1 Å². The molecule has 226 valence electrons. The summed E-state index contributed by atoms with van der Waals surface area (Å²) in [5, 5.41) is 2.96. The number of nitrogens with one attached hydrogen (secondary N) is 2. The van der Waals surface area contributed by atoms with Gasteiger partial charge in [0.15, 0.2) is 22.6 Å². The summed E-state index contributed by atoms with van der Waals surface area (Å²) in [6.45, 7) is -3.75. The molecule has 42 heavy (non-hydrogen) atoms. The van der Waals surface area contributed by atoms with E-state index in [1.807, 2.05) is 0 Å². The number of nitrogen functional groups attached to an aromatic ring is 2. The Hall–Kier alpha value is -2.93. The average Bonchev–Trinajstić information content (AvgIpc) is 3.71. The first kappa shape index (κ1) is 29.2. The van der Waals surface area contributed by atoms with E-state index in [9.17, 15) is 13.9 Å². The van der Waals surface area contributed by atoms with E-state index < -0.39 is 45.1 Å². The lowest BCUT2D eigenvalue weighted by molar-refractivity contribution is -0.0195. The number of hydrogen-bond acceptors (Lipinski definition) is 14. The first-order valence-electron chi connectivity index (χ1n) is 12.7. The van der Waals surface area contributed by atoms with Crippen molar-refractivity contribution in [1.82, 2.24) is 44.1 Å². The third-order valence-electron chi connectivity index (χ3n) is 6.91. The van der Waals surface area contributed by atoms with E-state index in [1.165, 1.54) is 19.0 Å². The molecule has 2 saturated heterocycles. The molecule has 22 heteroatoms. The van der Waals surface area contributed by atoms with Crippen LogP contribution >= 0.6 is 27.1 Å². The lowest BCUT2D eigenvalue weighted by atomic mass is 10.1. The number of ether oxygens (including phenoxy) is 2. The lowest BCUT2D eigenvalue weighted by Gasteiger charge is -2.21. The normalized spacial score (nSPS) is 26.7. The first-order valence-corrected chi connectivity index (χ1v) is 16.9. The van der Waals surface area contributed by atoms with E-state index in [0.717, 1.165) is 0 Å². The van der Waals surface area contributed by atoms with Gasteiger partial charge >= 0.3 is 6.72 Å². The number of rotatable bonds is 10. The third-order valence-corrected chi connectivity index (χ3v) is 8.81. The van der Waals surface area contributed by atoms with Gasteiger partial charge in [-0.2, -0.15) is 4.98 Å². The van der Waals surface area contributed by atoms with Crippen LogP contribution in [0.1, 0.15) is 31.7 Å². The number of thiol groups is 1. The van der Waals surface area contributed by atoms with Gasteiger partial charge in [-0.3, -0.25) is 33.5 Å². The highest BCUT2D eigenvalue weighted by atomic mass is 32.7. The highest BCUT2D eigenvalue weighted by Gasteiger charge is 2.39. The number of fused-ring (bicyclic) bond motifs is 2. The standard InChI is InChI=1S/C20H28N12O7P2S/c21-16-14-17(25-6-24-16)32(7-26-14)13-3-10(11(39-13)5-37-41(23,35)42)30-40(34)36-4-9-1-2-12(38-9)31-8-27-15-18(31)28-20(22)29-19(15)33/h6-13,40H,1-5H2,(H,30,34)(H2,21,24,25)(H3,23,35,42)(H3,22,28,29,33)/t9-,10-,11+,12+,13+,41?/m0/s1.